The summed E-state index contributed by atoms with van der Waals surface area (Å²) in [5.74, 6) is 4.99. The van der Waals surface area contributed by atoms with E-state index in [0.717, 1.165) is 15.3 Å². The molecule has 0 fully saturated rings. The molecule has 134 valence electrons. The van der Waals surface area contributed by atoms with Gasteiger partial charge in [0, 0.05) is 10.9 Å². The zero-order chi connectivity index (χ0) is 18.9. The highest BCUT2D eigenvalue weighted by Gasteiger charge is 2.36. The zero-order valence-corrected chi connectivity index (χ0v) is 15.1. The number of anilines is 1. The van der Waals surface area contributed by atoms with Gasteiger partial charge < -0.3 is 4.74 Å². The Kier molecular flexibility index (Phi) is 4.30. The second kappa shape index (κ2) is 6.78. The number of ether oxygens (including phenoxy) is 1. The van der Waals surface area contributed by atoms with Crippen LogP contribution >= 0.6 is 0 Å². The number of nitrogens with zero attached hydrogens (tertiary/aromatic N) is 1. The lowest BCUT2D eigenvalue weighted by molar-refractivity contribution is -0.140. The Balaban J connectivity index is 1.49. The van der Waals surface area contributed by atoms with Crippen LogP contribution in [0.4, 0.5) is 5.69 Å². The molecule has 0 saturated carbocycles. The number of benzene rings is 3. The molecule has 0 radical (unpaired) electrons. The van der Waals surface area contributed by atoms with Gasteiger partial charge >= 0.3 is 5.97 Å². The van der Waals surface area contributed by atoms with Gasteiger partial charge in [-0.05, 0) is 29.7 Å². The van der Waals surface area contributed by atoms with E-state index in [1.807, 2.05) is 42.5 Å². The minimum Gasteiger partial charge on any atom is -0.451 e. The Bertz CT molecular complexity index is 1190. The molecule has 6 heteroatoms. The molecule has 0 aromatic heterocycles. The van der Waals surface area contributed by atoms with E-state index in [0.29, 0.717) is 11.1 Å². The quantitative estimate of drug-likeness (QED) is 0.520. The number of carbonyl (C=O) groups excluding carboxylic acids is 1. The van der Waals surface area contributed by atoms with Crippen molar-refractivity contribution in [2.45, 2.75) is 4.90 Å². The van der Waals surface area contributed by atoms with Crippen molar-refractivity contribution >= 4 is 32.5 Å². The molecule has 0 aliphatic carbocycles. The minimum absolute atomic E-state index is 0.0984. The summed E-state index contributed by atoms with van der Waals surface area (Å²) in [4.78, 5) is 12.4. The maximum Gasteiger partial charge on any atom is 0.327 e. The average Bonchev–Trinajstić information content (AvgIpc) is 2.90. The largest absolute Gasteiger partial charge is 0.451 e. The van der Waals surface area contributed by atoms with Crippen LogP contribution in [-0.4, -0.2) is 27.5 Å². The van der Waals surface area contributed by atoms with Crippen LogP contribution in [0, 0.1) is 11.8 Å². The van der Waals surface area contributed by atoms with E-state index in [1.165, 1.54) is 0 Å². The number of esters is 1. The highest BCUT2D eigenvalue weighted by Crippen LogP contribution is 2.41. The van der Waals surface area contributed by atoms with Gasteiger partial charge in [0.25, 0.3) is 10.0 Å². The molecule has 4 rings (SSSR count). The summed E-state index contributed by atoms with van der Waals surface area (Å²) >= 11 is 0. The molecule has 0 atom stereocenters. The Morgan fingerprint density at radius 1 is 0.963 bits per heavy atom. The number of rotatable bonds is 3. The number of carbonyl (C=O) groups is 1. The fourth-order valence-electron chi connectivity index (χ4n) is 3.07. The van der Waals surface area contributed by atoms with Gasteiger partial charge in [0.05, 0.1) is 10.6 Å². The second-order valence-corrected chi connectivity index (χ2v) is 7.80. The van der Waals surface area contributed by atoms with Crippen LogP contribution in [-0.2, 0) is 19.6 Å². The van der Waals surface area contributed by atoms with E-state index in [9.17, 15) is 13.2 Å². The number of hydrogen-bond donors (Lipinski definition) is 0. The summed E-state index contributed by atoms with van der Waals surface area (Å²) in [6.07, 6.45) is 0. The first kappa shape index (κ1) is 17.1. The fraction of sp³-hybridized carbons (Fsp3) is 0.0952. The van der Waals surface area contributed by atoms with E-state index in [-0.39, 0.29) is 18.0 Å². The van der Waals surface area contributed by atoms with E-state index in [2.05, 4.69) is 11.8 Å². The highest BCUT2D eigenvalue weighted by atomic mass is 32.2. The predicted octanol–water partition coefficient (Wildman–Crippen LogP) is 2.94. The lowest BCUT2D eigenvalue weighted by Crippen LogP contribution is -2.33. The minimum atomic E-state index is -3.77. The van der Waals surface area contributed by atoms with Crippen LogP contribution < -0.4 is 4.31 Å². The van der Waals surface area contributed by atoms with Crippen molar-refractivity contribution in [1.29, 1.82) is 0 Å². The van der Waals surface area contributed by atoms with Gasteiger partial charge in [-0.15, -0.1) is 0 Å². The van der Waals surface area contributed by atoms with Gasteiger partial charge in [-0.2, -0.15) is 0 Å². The topological polar surface area (TPSA) is 63.7 Å². The van der Waals surface area contributed by atoms with E-state index >= 15 is 0 Å². The van der Waals surface area contributed by atoms with Crippen molar-refractivity contribution in [2.24, 2.45) is 0 Å². The molecule has 3 aromatic rings. The van der Waals surface area contributed by atoms with Crippen molar-refractivity contribution in [3.8, 4) is 11.8 Å². The van der Waals surface area contributed by atoms with Gasteiger partial charge in [0.15, 0.2) is 6.61 Å². The molecule has 0 amide bonds. The molecule has 5 nitrogen and oxygen atoms in total. The van der Waals surface area contributed by atoms with E-state index < -0.39 is 16.0 Å². The van der Waals surface area contributed by atoms with Crippen LogP contribution in [0.25, 0.3) is 10.8 Å². The van der Waals surface area contributed by atoms with Gasteiger partial charge in [-0.3, -0.25) is 9.10 Å². The van der Waals surface area contributed by atoms with Crippen LogP contribution in [0.2, 0.25) is 0 Å². The van der Waals surface area contributed by atoms with Crippen molar-refractivity contribution in [1.82, 2.24) is 0 Å². The Morgan fingerprint density at radius 3 is 2.48 bits per heavy atom. The molecule has 1 aliphatic heterocycles. The molecule has 0 N–H and O–H groups in total. The maximum absolute atomic E-state index is 12.8. The summed E-state index contributed by atoms with van der Waals surface area (Å²) < 4.78 is 31.8. The second-order valence-electron chi connectivity index (χ2n) is 5.97. The Labute approximate surface area is 157 Å². The van der Waals surface area contributed by atoms with Crippen molar-refractivity contribution in [2.75, 3.05) is 17.5 Å². The Morgan fingerprint density at radius 2 is 1.70 bits per heavy atom. The standard InChI is InChI=1S/C21H15NO4S/c23-20(26-14-6-9-16-7-2-1-3-8-16)15-22-18-12-4-10-17-11-5-13-19(21(17)18)27(22,24)25/h1-5,7-8,10-13H,14-15H2. The average molecular weight is 377 g/mol. The zero-order valence-electron chi connectivity index (χ0n) is 14.3. The summed E-state index contributed by atoms with van der Waals surface area (Å²) in [6, 6.07) is 19.7. The van der Waals surface area contributed by atoms with E-state index in [4.69, 9.17) is 4.74 Å². The molecule has 0 unspecified atom stereocenters. The van der Waals surface area contributed by atoms with Crippen molar-refractivity contribution in [3.05, 3.63) is 72.3 Å². The van der Waals surface area contributed by atoms with Crippen molar-refractivity contribution < 1.29 is 17.9 Å². The number of sulfonamides is 1. The molecule has 0 bridgehead atoms. The molecule has 0 spiro atoms. The van der Waals surface area contributed by atoms with Gasteiger partial charge in [0.2, 0.25) is 0 Å². The van der Waals surface area contributed by atoms with Crippen molar-refractivity contribution in [3.63, 3.8) is 0 Å². The van der Waals surface area contributed by atoms with E-state index in [1.54, 1.807) is 24.3 Å². The van der Waals surface area contributed by atoms with Crippen LogP contribution in [0.15, 0.2) is 71.6 Å². The van der Waals surface area contributed by atoms with Gasteiger partial charge in [-0.1, -0.05) is 54.3 Å². The summed E-state index contributed by atoms with van der Waals surface area (Å²) in [5, 5.41) is 1.45. The molecule has 1 heterocycles. The third kappa shape index (κ3) is 3.14. The summed E-state index contributed by atoms with van der Waals surface area (Å²) in [5.41, 5.74) is 1.31. The normalized spacial score (nSPS) is 13.9. The van der Waals surface area contributed by atoms with Crippen LogP contribution in [0.3, 0.4) is 0 Å². The third-order valence-electron chi connectivity index (χ3n) is 4.27. The van der Waals surface area contributed by atoms with Crippen LogP contribution in [0.1, 0.15) is 5.56 Å². The lowest BCUT2D eigenvalue weighted by atomic mass is 10.1. The van der Waals surface area contributed by atoms with Gasteiger partial charge in [-0.25, -0.2) is 8.42 Å². The smallest absolute Gasteiger partial charge is 0.327 e. The first-order chi connectivity index (χ1) is 13.1. The molecular weight excluding hydrogens is 362 g/mol. The SMILES string of the molecule is O=C(CN1c2cccc3cccc(c23)S1(=O)=O)OCC#Cc1ccccc1. The molecule has 0 saturated heterocycles. The first-order valence-corrected chi connectivity index (χ1v) is 9.75. The molecule has 1 aliphatic rings. The fourth-order valence-corrected chi connectivity index (χ4v) is 4.72. The van der Waals surface area contributed by atoms with Gasteiger partial charge in [0.1, 0.15) is 6.54 Å². The predicted molar refractivity (Wildman–Crippen MR) is 103 cm³/mol. The molecule has 3 aromatic carbocycles. The Hall–Kier alpha value is -3.30. The summed E-state index contributed by atoms with van der Waals surface area (Å²) in [6.45, 7) is -0.484. The summed E-state index contributed by atoms with van der Waals surface area (Å²) in [7, 11) is -3.77. The molecular formula is C21H15NO4S. The monoisotopic (exact) mass is 377 g/mol. The molecule has 27 heavy (non-hydrogen) atoms. The van der Waals surface area contributed by atoms with Crippen LogP contribution in [0.5, 0.6) is 0 Å². The maximum atomic E-state index is 12.8. The first-order valence-electron chi connectivity index (χ1n) is 8.31. The lowest BCUT2D eigenvalue weighted by Gasteiger charge is -2.17. The number of hydrogen-bond acceptors (Lipinski definition) is 4. The highest BCUT2D eigenvalue weighted by molar-refractivity contribution is 7.93. The third-order valence-corrected chi connectivity index (χ3v) is 6.07.